The standard InChI is InChI=1S/C17H21FINO/c1-16(2)7-12-8-17(3,9-16)10-20(12)15(21)13-5-4-11(18)6-14(13)19/h4-6,12H,7-10H2,1-3H3. The zero-order valence-corrected chi connectivity index (χ0v) is 14.9. The molecule has 1 heterocycles. The van der Waals surface area contributed by atoms with Gasteiger partial charge >= 0.3 is 0 Å². The predicted molar refractivity (Wildman–Crippen MR) is 89.7 cm³/mol. The molecule has 2 unspecified atom stereocenters. The van der Waals surface area contributed by atoms with Crippen LogP contribution in [-0.2, 0) is 0 Å². The molecule has 2 atom stereocenters. The molecule has 0 radical (unpaired) electrons. The van der Waals surface area contributed by atoms with Crippen LogP contribution in [0, 0.1) is 20.2 Å². The number of hydrogen-bond donors (Lipinski definition) is 0. The Balaban J connectivity index is 1.90. The molecule has 1 amide bonds. The third kappa shape index (κ3) is 2.83. The van der Waals surface area contributed by atoms with Crippen LogP contribution in [0.3, 0.4) is 0 Å². The molecule has 2 nitrogen and oxygen atoms in total. The van der Waals surface area contributed by atoms with Gasteiger partial charge in [-0.3, -0.25) is 4.79 Å². The maximum Gasteiger partial charge on any atom is 0.255 e. The predicted octanol–water partition coefficient (Wildman–Crippen LogP) is 4.47. The first kappa shape index (κ1) is 15.3. The Bertz CT molecular complexity index is 600. The number of carbonyl (C=O) groups excluding carboxylic acids is 1. The monoisotopic (exact) mass is 401 g/mol. The van der Waals surface area contributed by atoms with Gasteiger partial charge in [-0.2, -0.15) is 0 Å². The molecule has 2 bridgehead atoms. The summed E-state index contributed by atoms with van der Waals surface area (Å²) in [5, 5.41) is 0. The number of amides is 1. The van der Waals surface area contributed by atoms with Crippen LogP contribution in [-0.4, -0.2) is 23.4 Å². The summed E-state index contributed by atoms with van der Waals surface area (Å²) >= 11 is 2.05. The Morgan fingerprint density at radius 2 is 2.05 bits per heavy atom. The summed E-state index contributed by atoms with van der Waals surface area (Å²) in [6.45, 7) is 7.72. The van der Waals surface area contributed by atoms with E-state index in [4.69, 9.17) is 0 Å². The highest BCUT2D eigenvalue weighted by Gasteiger charge is 2.51. The SMILES string of the molecule is CC1(C)CC2CC(C)(CN2C(=O)c2ccc(F)cc2I)C1. The second-order valence-electron chi connectivity index (χ2n) is 7.77. The number of likely N-dealkylation sites (tertiary alicyclic amines) is 1. The lowest BCUT2D eigenvalue weighted by atomic mass is 9.65. The summed E-state index contributed by atoms with van der Waals surface area (Å²) < 4.78 is 13.9. The average molecular weight is 401 g/mol. The molecule has 1 saturated carbocycles. The van der Waals surface area contributed by atoms with Gasteiger partial charge in [0.25, 0.3) is 5.91 Å². The first-order valence-corrected chi connectivity index (χ1v) is 8.53. The third-order valence-electron chi connectivity index (χ3n) is 4.84. The van der Waals surface area contributed by atoms with Gasteiger partial charge in [0.1, 0.15) is 5.82 Å². The van der Waals surface area contributed by atoms with Crippen molar-refractivity contribution in [3.63, 3.8) is 0 Å². The van der Waals surface area contributed by atoms with Gasteiger partial charge in [0.15, 0.2) is 0 Å². The minimum Gasteiger partial charge on any atom is -0.335 e. The number of hydrogen-bond acceptors (Lipinski definition) is 1. The van der Waals surface area contributed by atoms with E-state index < -0.39 is 0 Å². The van der Waals surface area contributed by atoms with E-state index in [-0.39, 0.29) is 17.1 Å². The lowest BCUT2D eigenvalue weighted by Crippen LogP contribution is -2.38. The summed E-state index contributed by atoms with van der Waals surface area (Å²) in [7, 11) is 0. The van der Waals surface area contributed by atoms with Crippen molar-refractivity contribution in [2.24, 2.45) is 10.8 Å². The van der Waals surface area contributed by atoms with Crippen LogP contribution in [0.4, 0.5) is 4.39 Å². The Morgan fingerprint density at radius 3 is 2.71 bits per heavy atom. The fourth-order valence-electron chi connectivity index (χ4n) is 4.51. The Hall–Kier alpha value is -0.650. The molecule has 21 heavy (non-hydrogen) atoms. The minimum atomic E-state index is -0.288. The van der Waals surface area contributed by atoms with E-state index >= 15 is 0 Å². The number of carbonyl (C=O) groups is 1. The van der Waals surface area contributed by atoms with Crippen molar-refractivity contribution in [3.8, 4) is 0 Å². The zero-order chi connectivity index (χ0) is 15.4. The third-order valence-corrected chi connectivity index (χ3v) is 5.73. The molecule has 0 spiro atoms. The van der Waals surface area contributed by atoms with E-state index in [1.54, 1.807) is 6.07 Å². The summed E-state index contributed by atoms with van der Waals surface area (Å²) in [5.41, 5.74) is 1.15. The molecule has 1 saturated heterocycles. The van der Waals surface area contributed by atoms with Crippen LogP contribution in [0.1, 0.15) is 50.4 Å². The molecule has 1 aliphatic carbocycles. The van der Waals surface area contributed by atoms with Gasteiger partial charge in [-0.05, 0) is 70.9 Å². The van der Waals surface area contributed by atoms with Crippen molar-refractivity contribution in [3.05, 3.63) is 33.1 Å². The highest BCUT2D eigenvalue weighted by molar-refractivity contribution is 14.1. The van der Waals surface area contributed by atoms with Gasteiger partial charge in [-0.15, -0.1) is 0 Å². The van der Waals surface area contributed by atoms with Crippen LogP contribution in [0.25, 0.3) is 0 Å². The Labute approximate surface area is 139 Å². The zero-order valence-electron chi connectivity index (χ0n) is 12.7. The summed E-state index contributed by atoms with van der Waals surface area (Å²) in [6, 6.07) is 4.76. The molecule has 2 aliphatic rings. The molecule has 114 valence electrons. The van der Waals surface area contributed by atoms with E-state index in [0.29, 0.717) is 20.6 Å². The highest BCUT2D eigenvalue weighted by atomic mass is 127. The second kappa shape index (κ2) is 4.93. The van der Waals surface area contributed by atoms with Crippen molar-refractivity contribution in [1.29, 1.82) is 0 Å². The number of nitrogens with zero attached hydrogens (tertiary/aromatic N) is 1. The summed E-state index contributed by atoms with van der Waals surface area (Å²) in [6.07, 6.45) is 3.33. The van der Waals surface area contributed by atoms with Crippen LogP contribution >= 0.6 is 22.6 Å². The van der Waals surface area contributed by atoms with Crippen molar-refractivity contribution < 1.29 is 9.18 Å². The molecular weight excluding hydrogens is 380 g/mol. The van der Waals surface area contributed by atoms with Gasteiger partial charge in [0.05, 0.1) is 5.56 Å². The number of benzene rings is 1. The molecule has 1 aliphatic heterocycles. The lowest BCUT2D eigenvalue weighted by Gasteiger charge is -2.39. The quantitative estimate of drug-likeness (QED) is 0.636. The molecule has 0 aromatic heterocycles. The van der Waals surface area contributed by atoms with E-state index in [1.807, 2.05) is 4.90 Å². The molecule has 1 aromatic rings. The number of halogens is 2. The lowest BCUT2D eigenvalue weighted by molar-refractivity contribution is 0.0707. The molecular formula is C17H21FINO. The normalized spacial score (nSPS) is 30.5. The minimum absolute atomic E-state index is 0.0609. The number of fused-ring (bicyclic) bond motifs is 2. The van der Waals surface area contributed by atoms with Gasteiger partial charge in [0.2, 0.25) is 0 Å². The molecule has 0 N–H and O–H groups in total. The maximum absolute atomic E-state index is 13.2. The van der Waals surface area contributed by atoms with E-state index in [2.05, 4.69) is 43.4 Å². The summed E-state index contributed by atoms with van der Waals surface area (Å²) in [4.78, 5) is 14.9. The van der Waals surface area contributed by atoms with Crippen LogP contribution in [0.2, 0.25) is 0 Å². The number of rotatable bonds is 1. The van der Waals surface area contributed by atoms with Gasteiger partial charge in [0, 0.05) is 16.2 Å². The first-order valence-electron chi connectivity index (χ1n) is 7.45. The molecule has 1 aromatic carbocycles. The van der Waals surface area contributed by atoms with Crippen molar-refractivity contribution in [2.45, 2.75) is 46.1 Å². The molecule has 4 heteroatoms. The maximum atomic E-state index is 13.2. The first-order chi connectivity index (χ1) is 9.69. The van der Waals surface area contributed by atoms with E-state index in [0.717, 1.165) is 19.4 Å². The Morgan fingerprint density at radius 1 is 1.33 bits per heavy atom. The van der Waals surface area contributed by atoms with Gasteiger partial charge in [-0.25, -0.2) is 4.39 Å². The summed E-state index contributed by atoms with van der Waals surface area (Å²) in [5.74, 6) is -0.227. The van der Waals surface area contributed by atoms with Crippen LogP contribution in [0.15, 0.2) is 18.2 Å². The smallest absolute Gasteiger partial charge is 0.255 e. The van der Waals surface area contributed by atoms with Crippen LogP contribution < -0.4 is 0 Å². The fraction of sp³-hybridized carbons (Fsp3) is 0.588. The topological polar surface area (TPSA) is 20.3 Å². The largest absolute Gasteiger partial charge is 0.335 e. The van der Waals surface area contributed by atoms with Gasteiger partial charge < -0.3 is 4.90 Å². The van der Waals surface area contributed by atoms with E-state index in [9.17, 15) is 9.18 Å². The second-order valence-corrected chi connectivity index (χ2v) is 8.93. The van der Waals surface area contributed by atoms with Gasteiger partial charge in [-0.1, -0.05) is 20.8 Å². The highest BCUT2D eigenvalue weighted by Crippen LogP contribution is 2.52. The molecule has 2 fully saturated rings. The van der Waals surface area contributed by atoms with Crippen LogP contribution in [0.5, 0.6) is 0 Å². The van der Waals surface area contributed by atoms with Crippen molar-refractivity contribution in [1.82, 2.24) is 4.90 Å². The fourth-order valence-corrected chi connectivity index (χ4v) is 5.22. The molecule has 3 rings (SSSR count). The van der Waals surface area contributed by atoms with Crippen molar-refractivity contribution in [2.75, 3.05) is 6.54 Å². The average Bonchev–Trinajstić information content (AvgIpc) is 2.57. The van der Waals surface area contributed by atoms with Crippen molar-refractivity contribution >= 4 is 28.5 Å². The Kier molecular flexibility index (Phi) is 3.58. The van der Waals surface area contributed by atoms with E-state index in [1.165, 1.54) is 18.6 Å².